The van der Waals surface area contributed by atoms with Gasteiger partial charge in [-0.15, -0.1) is 0 Å². The lowest BCUT2D eigenvalue weighted by molar-refractivity contribution is -0.107. The van der Waals surface area contributed by atoms with E-state index in [4.69, 9.17) is 0 Å². The molecule has 0 aromatic rings. The molecule has 0 bridgehead atoms. The Hall–Kier alpha value is 0.0400. The van der Waals surface area contributed by atoms with Crippen LogP contribution in [0, 0.1) is 0 Å². The minimum atomic E-state index is -0.169. The zero-order valence-electron chi connectivity index (χ0n) is 8.30. The Morgan fingerprint density at radius 2 is 2.00 bits per heavy atom. The van der Waals surface area contributed by atoms with Crippen molar-refractivity contribution in [2.24, 2.45) is 0 Å². The minimum absolute atomic E-state index is 0.0711. The van der Waals surface area contributed by atoms with Crippen LogP contribution in [-0.2, 0) is 4.79 Å². The number of allylic oxidation sites excluding steroid dienone is 1. The zero-order valence-corrected chi connectivity index (χ0v) is 10.7. The number of aliphatic hydroxyl groups is 1. The zero-order chi connectivity index (χ0) is 10.6. The summed E-state index contributed by atoms with van der Waals surface area (Å²) in [5.41, 5.74) is 0. The molecule has 0 aliphatic carbocycles. The van der Waals surface area contributed by atoms with Gasteiger partial charge in [0.15, 0.2) is 0 Å². The first-order valence-corrected chi connectivity index (χ1v) is 5.73. The standard InChI is InChI=1S/C9H15BrO2S/c1-6(10)7(11)5-8(12)13-9(2,3)4/h5-6,11H,1-4H3/b7-5-. The monoisotopic (exact) mass is 266 g/mol. The van der Waals surface area contributed by atoms with Crippen LogP contribution < -0.4 is 0 Å². The van der Waals surface area contributed by atoms with Gasteiger partial charge in [-0.2, -0.15) is 0 Å². The number of carbonyl (C=O) groups excluding carboxylic acids is 1. The molecule has 1 N–H and O–H groups in total. The molecule has 1 unspecified atom stereocenters. The number of carbonyl (C=O) groups is 1. The molecule has 2 nitrogen and oxygen atoms in total. The number of hydrogen-bond donors (Lipinski definition) is 1. The Labute approximate surface area is 91.9 Å². The summed E-state index contributed by atoms with van der Waals surface area (Å²) in [6, 6.07) is 0. The second-order valence-corrected chi connectivity index (χ2v) is 6.92. The molecule has 0 aromatic carbocycles. The molecule has 76 valence electrons. The highest BCUT2D eigenvalue weighted by Gasteiger charge is 2.16. The number of aliphatic hydroxyl groups excluding tert-OH is 1. The van der Waals surface area contributed by atoms with Crippen molar-refractivity contribution >= 4 is 32.8 Å². The third kappa shape index (κ3) is 7.14. The molecule has 0 saturated heterocycles. The lowest BCUT2D eigenvalue weighted by atomic mass is 10.3. The number of thioether (sulfide) groups is 1. The normalized spacial score (nSPS) is 15.6. The third-order valence-corrected chi connectivity index (χ3v) is 2.48. The van der Waals surface area contributed by atoms with Crippen LogP contribution in [0.15, 0.2) is 11.8 Å². The van der Waals surface area contributed by atoms with E-state index in [2.05, 4.69) is 15.9 Å². The molecular weight excluding hydrogens is 252 g/mol. The summed E-state index contributed by atoms with van der Waals surface area (Å²) in [4.78, 5) is 11.1. The smallest absolute Gasteiger partial charge is 0.216 e. The molecule has 0 radical (unpaired) electrons. The summed E-state index contributed by atoms with van der Waals surface area (Å²) >= 11 is 4.37. The average molecular weight is 267 g/mol. The molecule has 0 rings (SSSR count). The van der Waals surface area contributed by atoms with Crippen molar-refractivity contribution in [2.45, 2.75) is 37.3 Å². The first-order chi connectivity index (χ1) is 5.72. The molecule has 0 aliphatic heterocycles. The van der Waals surface area contributed by atoms with E-state index in [1.54, 1.807) is 6.92 Å². The van der Waals surface area contributed by atoms with Crippen LogP contribution in [0.1, 0.15) is 27.7 Å². The summed E-state index contributed by atoms with van der Waals surface area (Å²) in [7, 11) is 0. The van der Waals surface area contributed by atoms with Gasteiger partial charge in [-0.1, -0.05) is 48.5 Å². The fourth-order valence-electron chi connectivity index (χ4n) is 0.567. The Kier molecular flexibility index (Phi) is 5.07. The molecule has 0 aromatic heterocycles. The maximum atomic E-state index is 11.3. The van der Waals surface area contributed by atoms with Crippen LogP contribution >= 0.6 is 27.7 Å². The molecule has 0 aliphatic rings. The quantitative estimate of drug-likeness (QED) is 0.474. The van der Waals surface area contributed by atoms with Crippen LogP contribution in [0.4, 0.5) is 0 Å². The summed E-state index contributed by atoms with van der Waals surface area (Å²) in [6.07, 6.45) is 1.26. The second-order valence-electron chi connectivity index (χ2n) is 3.72. The number of alkyl halides is 1. The first-order valence-electron chi connectivity index (χ1n) is 4.00. The Morgan fingerprint density at radius 3 is 2.31 bits per heavy atom. The lowest BCUT2D eigenvalue weighted by Gasteiger charge is -2.14. The maximum absolute atomic E-state index is 11.3. The Morgan fingerprint density at radius 1 is 1.54 bits per heavy atom. The van der Waals surface area contributed by atoms with E-state index in [-0.39, 0.29) is 20.4 Å². The predicted octanol–water partition coefficient (Wildman–Crippen LogP) is 3.27. The van der Waals surface area contributed by atoms with Crippen molar-refractivity contribution in [3.05, 3.63) is 11.8 Å². The fourth-order valence-corrected chi connectivity index (χ4v) is 1.48. The van der Waals surface area contributed by atoms with Gasteiger partial charge in [0.2, 0.25) is 5.12 Å². The lowest BCUT2D eigenvalue weighted by Crippen LogP contribution is -2.11. The van der Waals surface area contributed by atoms with E-state index in [1.165, 1.54) is 17.8 Å². The van der Waals surface area contributed by atoms with Crippen molar-refractivity contribution in [1.82, 2.24) is 0 Å². The van der Waals surface area contributed by atoms with Crippen molar-refractivity contribution in [2.75, 3.05) is 0 Å². The minimum Gasteiger partial charge on any atom is -0.511 e. The highest BCUT2D eigenvalue weighted by molar-refractivity contribution is 9.09. The van der Waals surface area contributed by atoms with Crippen molar-refractivity contribution in [1.29, 1.82) is 0 Å². The second kappa shape index (κ2) is 5.05. The topological polar surface area (TPSA) is 37.3 Å². The molecule has 1 atom stereocenters. The maximum Gasteiger partial charge on any atom is 0.216 e. The van der Waals surface area contributed by atoms with E-state index >= 15 is 0 Å². The summed E-state index contributed by atoms with van der Waals surface area (Å²) in [6.45, 7) is 7.63. The van der Waals surface area contributed by atoms with Crippen molar-refractivity contribution in [3.63, 3.8) is 0 Å². The number of halogens is 1. The summed E-state index contributed by atoms with van der Waals surface area (Å²) in [5.74, 6) is 0.0711. The predicted molar refractivity (Wildman–Crippen MR) is 61.5 cm³/mol. The fraction of sp³-hybridized carbons (Fsp3) is 0.667. The molecule has 4 heteroatoms. The van der Waals surface area contributed by atoms with E-state index in [9.17, 15) is 9.90 Å². The number of rotatable bonds is 2. The van der Waals surface area contributed by atoms with Gasteiger partial charge in [-0.25, -0.2) is 0 Å². The van der Waals surface area contributed by atoms with E-state index in [1.807, 2.05) is 20.8 Å². The molecule has 0 amide bonds. The van der Waals surface area contributed by atoms with Crippen LogP contribution in [-0.4, -0.2) is 19.8 Å². The molecular formula is C9H15BrO2S. The van der Waals surface area contributed by atoms with E-state index in [0.29, 0.717) is 0 Å². The van der Waals surface area contributed by atoms with E-state index in [0.717, 1.165) is 0 Å². The molecule has 0 spiro atoms. The van der Waals surface area contributed by atoms with Gasteiger partial charge >= 0.3 is 0 Å². The van der Waals surface area contributed by atoms with Crippen molar-refractivity contribution in [3.8, 4) is 0 Å². The highest BCUT2D eigenvalue weighted by atomic mass is 79.9. The summed E-state index contributed by atoms with van der Waals surface area (Å²) in [5, 5.41) is 9.16. The Balaban J connectivity index is 4.24. The van der Waals surface area contributed by atoms with Gasteiger partial charge in [0.05, 0.1) is 4.83 Å². The third-order valence-electron chi connectivity index (χ3n) is 1.08. The summed E-state index contributed by atoms with van der Waals surface area (Å²) < 4.78 is -0.108. The van der Waals surface area contributed by atoms with Crippen LogP contribution in [0.3, 0.4) is 0 Å². The molecule has 0 saturated carbocycles. The van der Waals surface area contributed by atoms with Gasteiger partial charge < -0.3 is 5.11 Å². The first kappa shape index (κ1) is 13.0. The largest absolute Gasteiger partial charge is 0.511 e. The SMILES string of the molecule is CC(Br)/C(O)=C/C(=O)SC(C)(C)C. The number of hydrogen-bond acceptors (Lipinski definition) is 3. The molecule has 13 heavy (non-hydrogen) atoms. The molecule has 0 heterocycles. The van der Waals surface area contributed by atoms with Gasteiger partial charge in [0, 0.05) is 10.8 Å². The average Bonchev–Trinajstić information content (AvgIpc) is 1.81. The van der Waals surface area contributed by atoms with Crippen LogP contribution in [0.5, 0.6) is 0 Å². The van der Waals surface area contributed by atoms with Gasteiger partial charge in [-0.05, 0) is 6.92 Å². The van der Waals surface area contributed by atoms with Crippen LogP contribution in [0.2, 0.25) is 0 Å². The van der Waals surface area contributed by atoms with Gasteiger partial charge in [0.25, 0.3) is 0 Å². The van der Waals surface area contributed by atoms with Gasteiger partial charge in [0.1, 0.15) is 5.76 Å². The molecule has 0 fully saturated rings. The highest BCUT2D eigenvalue weighted by Crippen LogP contribution is 2.25. The van der Waals surface area contributed by atoms with Gasteiger partial charge in [-0.3, -0.25) is 4.79 Å². The Bertz CT molecular complexity index is 216. The van der Waals surface area contributed by atoms with Crippen molar-refractivity contribution < 1.29 is 9.90 Å². The van der Waals surface area contributed by atoms with Crippen LogP contribution in [0.25, 0.3) is 0 Å². The van der Waals surface area contributed by atoms with E-state index < -0.39 is 0 Å².